The van der Waals surface area contributed by atoms with E-state index in [1.54, 1.807) is 6.07 Å². The molecule has 1 aromatic heterocycles. The van der Waals surface area contributed by atoms with E-state index in [0.29, 0.717) is 16.6 Å². The molecule has 0 radical (unpaired) electrons. The van der Waals surface area contributed by atoms with Gasteiger partial charge in [0.25, 0.3) is 0 Å². The zero-order valence-corrected chi connectivity index (χ0v) is 12.4. The van der Waals surface area contributed by atoms with Gasteiger partial charge in [0.1, 0.15) is 11.8 Å². The monoisotopic (exact) mass is 292 g/mol. The highest BCUT2D eigenvalue weighted by Gasteiger charge is 2.11. The van der Waals surface area contributed by atoms with Gasteiger partial charge in [-0.2, -0.15) is 5.26 Å². The average Bonchev–Trinajstić information content (AvgIpc) is 2.70. The standard InChI is InChI=1S/C15H14Cl2N2/c1-3-12-6-10(2)19(15(12)8-18)9-11-4-5-13(16)14(17)7-11/h4-7H,3,9H2,1-2H3. The summed E-state index contributed by atoms with van der Waals surface area (Å²) in [6, 6.07) is 9.91. The number of halogens is 2. The van der Waals surface area contributed by atoms with E-state index in [4.69, 9.17) is 23.2 Å². The Hall–Kier alpha value is -1.43. The van der Waals surface area contributed by atoms with Crippen LogP contribution in [-0.2, 0) is 13.0 Å². The van der Waals surface area contributed by atoms with Gasteiger partial charge in [0.15, 0.2) is 0 Å². The first kappa shape index (κ1) is 14.0. The van der Waals surface area contributed by atoms with E-state index in [-0.39, 0.29) is 0 Å². The van der Waals surface area contributed by atoms with E-state index in [1.807, 2.05) is 23.6 Å². The molecule has 0 aliphatic carbocycles. The first-order valence-corrected chi connectivity index (χ1v) is 6.85. The number of aromatic nitrogens is 1. The summed E-state index contributed by atoms with van der Waals surface area (Å²) in [5, 5.41) is 10.4. The van der Waals surface area contributed by atoms with Crippen molar-refractivity contribution < 1.29 is 0 Å². The van der Waals surface area contributed by atoms with Crippen LogP contribution in [0.3, 0.4) is 0 Å². The first-order valence-electron chi connectivity index (χ1n) is 6.09. The zero-order valence-electron chi connectivity index (χ0n) is 10.9. The molecule has 98 valence electrons. The SMILES string of the molecule is CCc1cc(C)n(Cc2ccc(Cl)c(Cl)c2)c1C#N. The number of nitriles is 1. The first-order chi connectivity index (χ1) is 9.06. The molecular weight excluding hydrogens is 279 g/mol. The molecule has 0 bridgehead atoms. The van der Waals surface area contributed by atoms with Crippen molar-refractivity contribution in [3.05, 3.63) is 56.8 Å². The average molecular weight is 293 g/mol. The van der Waals surface area contributed by atoms with Gasteiger partial charge in [-0.15, -0.1) is 0 Å². The fourth-order valence-electron chi connectivity index (χ4n) is 2.17. The largest absolute Gasteiger partial charge is 0.332 e. The summed E-state index contributed by atoms with van der Waals surface area (Å²) in [6.45, 7) is 4.70. The predicted molar refractivity (Wildman–Crippen MR) is 78.8 cm³/mol. The van der Waals surface area contributed by atoms with Crippen molar-refractivity contribution in [3.63, 3.8) is 0 Å². The maximum Gasteiger partial charge on any atom is 0.123 e. The van der Waals surface area contributed by atoms with Crippen molar-refractivity contribution in [1.29, 1.82) is 5.26 Å². The summed E-state index contributed by atoms with van der Waals surface area (Å²) in [6.07, 6.45) is 0.859. The molecule has 0 fully saturated rings. The van der Waals surface area contributed by atoms with Crippen molar-refractivity contribution in [3.8, 4) is 6.07 Å². The van der Waals surface area contributed by atoms with E-state index >= 15 is 0 Å². The summed E-state index contributed by atoms with van der Waals surface area (Å²) in [7, 11) is 0. The molecule has 2 nitrogen and oxygen atoms in total. The van der Waals surface area contributed by atoms with Crippen LogP contribution >= 0.6 is 23.2 Å². The number of rotatable bonds is 3. The second-order valence-electron chi connectivity index (χ2n) is 4.46. The minimum Gasteiger partial charge on any atom is -0.332 e. The second kappa shape index (κ2) is 5.69. The van der Waals surface area contributed by atoms with Gasteiger partial charge in [-0.3, -0.25) is 0 Å². The highest BCUT2D eigenvalue weighted by Crippen LogP contribution is 2.24. The van der Waals surface area contributed by atoms with Gasteiger partial charge >= 0.3 is 0 Å². The molecule has 0 aliphatic heterocycles. The van der Waals surface area contributed by atoms with Gasteiger partial charge in [-0.05, 0) is 42.7 Å². The summed E-state index contributed by atoms with van der Waals surface area (Å²) in [5.74, 6) is 0. The molecule has 0 N–H and O–H groups in total. The van der Waals surface area contributed by atoms with Crippen LogP contribution in [0.4, 0.5) is 0 Å². The van der Waals surface area contributed by atoms with E-state index < -0.39 is 0 Å². The molecule has 1 heterocycles. The van der Waals surface area contributed by atoms with Crippen LogP contribution in [0.2, 0.25) is 10.0 Å². The molecule has 2 rings (SSSR count). The summed E-state index contributed by atoms with van der Waals surface area (Å²) in [4.78, 5) is 0. The van der Waals surface area contributed by atoms with Gasteiger partial charge in [0.05, 0.1) is 10.0 Å². The third-order valence-electron chi connectivity index (χ3n) is 3.19. The maximum absolute atomic E-state index is 9.30. The fourth-order valence-corrected chi connectivity index (χ4v) is 2.49. The Morgan fingerprint density at radius 3 is 2.53 bits per heavy atom. The van der Waals surface area contributed by atoms with Crippen molar-refractivity contribution in [2.24, 2.45) is 0 Å². The van der Waals surface area contributed by atoms with Gasteiger partial charge in [0.2, 0.25) is 0 Å². The molecular formula is C15H14Cl2N2. The summed E-state index contributed by atoms with van der Waals surface area (Å²) in [5.41, 5.74) is 3.93. The molecule has 0 atom stereocenters. The molecule has 0 saturated heterocycles. The smallest absolute Gasteiger partial charge is 0.123 e. The van der Waals surface area contributed by atoms with Crippen LogP contribution in [-0.4, -0.2) is 4.57 Å². The Bertz CT molecular complexity index is 651. The topological polar surface area (TPSA) is 28.7 Å². The second-order valence-corrected chi connectivity index (χ2v) is 5.27. The molecule has 0 aliphatic rings. The third kappa shape index (κ3) is 2.78. The van der Waals surface area contributed by atoms with Crippen LogP contribution in [0, 0.1) is 18.3 Å². The van der Waals surface area contributed by atoms with E-state index in [9.17, 15) is 5.26 Å². The van der Waals surface area contributed by atoms with Gasteiger partial charge in [-0.1, -0.05) is 36.2 Å². The van der Waals surface area contributed by atoms with Crippen LogP contribution in [0.1, 0.15) is 29.4 Å². The maximum atomic E-state index is 9.30. The Labute approximate surface area is 123 Å². The molecule has 0 saturated carbocycles. The van der Waals surface area contributed by atoms with Crippen molar-refractivity contribution in [2.45, 2.75) is 26.8 Å². The number of hydrogen-bond acceptors (Lipinski definition) is 1. The highest BCUT2D eigenvalue weighted by molar-refractivity contribution is 6.42. The van der Waals surface area contributed by atoms with Crippen molar-refractivity contribution in [2.75, 3.05) is 0 Å². The fraction of sp³-hybridized carbons (Fsp3) is 0.267. The predicted octanol–water partition coefficient (Wildman–Crippen LogP) is 4.59. The number of nitrogens with zero attached hydrogens (tertiary/aromatic N) is 2. The third-order valence-corrected chi connectivity index (χ3v) is 3.93. The van der Waals surface area contributed by atoms with Crippen LogP contribution in [0.5, 0.6) is 0 Å². The quantitative estimate of drug-likeness (QED) is 0.814. The van der Waals surface area contributed by atoms with E-state index in [1.165, 1.54) is 0 Å². The molecule has 2 aromatic rings. The lowest BCUT2D eigenvalue weighted by molar-refractivity contribution is 0.761. The molecule has 0 amide bonds. The van der Waals surface area contributed by atoms with Crippen molar-refractivity contribution in [1.82, 2.24) is 4.57 Å². The van der Waals surface area contributed by atoms with Crippen LogP contribution < -0.4 is 0 Å². The van der Waals surface area contributed by atoms with Crippen molar-refractivity contribution >= 4 is 23.2 Å². The number of aryl methyl sites for hydroxylation is 2. The van der Waals surface area contributed by atoms with Gasteiger partial charge in [0, 0.05) is 12.2 Å². The Kier molecular flexibility index (Phi) is 4.19. The zero-order chi connectivity index (χ0) is 14.0. The lowest BCUT2D eigenvalue weighted by atomic mass is 10.2. The lowest BCUT2D eigenvalue weighted by Crippen LogP contribution is -2.05. The Morgan fingerprint density at radius 2 is 1.95 bits per heavy atom. The van der Waals surface area contributed by atoms with Gasteiger partial charge in [-0.25, -0.2) is 0 Å². The van der Waals surface area contributed by atoms with Gasteiger partial charge < -0.3 is 4.57 Å². The Balaban J connectivity index is 2.41. The number of benzene rings is 1. The lowest BCUT2D eigenvalue weighted by Gasteiger charge is -2.09. The van der Waals surface area contributed by atoms with E-state index in [2.05, 4.69) is 19.1 Å². The van der Waals surface area contributed by atoms with E-state index in [0.717, 1.165) is 28.9 Å². The minimum absolute atomic E-state index is 0.540. The normalized spacial score (nSPS) is 10.5. The molecule has 0 spiro atoms. The molecule has 19 heavy (non-hydrogen) atoms. The minimum atomic E-state index is 0.540. The summed E-state index contributed by atoms with van der Waals surface area (Å²) < 4.78 is 2.01. The Morgan fingerprint density at radius 1 is 1.21 bits per heavy atom. The molecule has 4 heteroatoms. The molecule has 1 aromatic carbocycles. The van der Waals surface area contributed by atoms with Crippen LogP contribution in [0.15, 0.2) is 24.3 Å². The molecule has 0 unspecified atom stereocenters. The van der Waals surface area contributed by atoms with Crippen LogP contribution in [0.25, 0.3) is 0 Å². The summed E-state index contributed by atoms with van der Waals surface area (Å²) >= 11 is 11.9. The highest BCUT2D eigenvalue weighted by atomic mass is 35.5. The number of hydrogen-bond donors (Lipinski definition) is 0.